The van der Waals surface area contributed by atoms with Crippen LogP contribution in [-0.2, 0) is 6.54 Å². The maximum atomic E-state index is 14.5. The number of nitrogens with one attached hydrogen (secondary N) is 2. The molecule has 11 heteroatoms. The van der Waals surface area contributed by atoms with Crippen LogP contribution >= 0.6 is 0 Å². The fourth-order valence-corrected chi connectivity index (χ4v) is 4.19. The van der Waals surface area contributed by atoms with Crippen LogP contribution in [0.1, 0.15) is 16.1 Å². The Balaban J connectivity index is 1.29. The molecule has 0 saturated carbocycles. The molecule has 33 heavy (non-hydrogen) atoms. The first-order valence-corrected chi connectivity index (χ1v) is 10.5. The Kier molecular flexibility index (Phi) is 5.25. The third-order valence-corrected chi connectivity index (χ3v) is 5.88. The van der Waals surface area contributed by atoms with E-state index in [1.165, 1.54) is 17.6 Å². The summed E-state index contributed by atoms with van der Waals surface area (Å²) in [7, 11) is 1.47. The molecule has 0 bridgehead atoms. The summed E-state index contributed by atoms with van der Waals surface area (Å²) in [5.74, 6) is -1.75. The average Bonchev–Trinajstić information content (AvgIpc) is 3.21. The molecule has 0 spiro atoms. The fraction of sp³-hybridized carbons (Fsp3) is 0.273. The molecule has 1 fully saturated rings. The first-order valence-electron chi connectivity index (χ1n) is 10.5. The van der Waals surface area contributed by atoms with Gasteiger partial charge in [-0.2, -0.15) is 9.49 Å². The summed E-state index contributed by atoms with van der Waals surface area (Å²) in [6, 6.07) is 8.70. The number of aromatic nitrogens is 4. The van der Waals surface area contributed by atoms with Crippen LogP contribution in [0, 0.1) is 11.8 Å². The number of aromatic amines is 1. The second-order valence-electron chi connectivity index (χ2n) is 7.91. The van der Waals surface area contributed by atoms with Gasteiger partial charge in [-0.3, -0.25) is 14.5 Å². The van der Waals surface area contributed by atoms with Crippen molar-refractivity contribution in [2.24, 2.45) is 0 Å². The quantitative estimate of drug-likeness (QED) is 0.455. The number of rotatable bonds is 4. The molecule has 9 nitrogen and oxygen atoms in total. The van der Waals surface area contributed by atoms with Crippen LogP contribution in [0.25, 0.3) is 16.6 Å². The van der Waals surface area contributed by atoms with Crippen LogP contribution in [0.4, 0.5) is 14.5 Å². The minimum Gasteiger partial charge on any atom is -0.365 e. The van der Waals surface area contributed by atoms with Gasteiger partial charge in [-0.25, -0.2) is 13.9 Å². The third-order valence-electron chi connectivity index (χ3n) is 5.88. The van der Waals surface area contributed by atoms with Gasteiger partial charge in [0.25, 0.3) is 11.5 Å². The van der Waals surface area contributed by atoms with Crippen LogP contribution in [0.15, 0.2) is 41.3 Å². The molecule has 4 aromatic rings. The Bertz CT molecular complexity index is 1420. The van der Waals surface area contributed by atoms with Crippen molar-refractivity contribution >= 4 is 28.1 Å². The summed E-state index contributed by atoms with van der Waals surface area (Å²) in [4.78, 5) is 34.5. The predicted octanol–water partition coefficient (Wildman–Crippen LogP) is 1.53. The lowest BCUT2D eigenvalue weighted by atomic mass is 10.1. The van der Waals surface area contributed by atoms with E-state index in [0.29, 0.717) is 49.4 Å². The number of carbonyl (C=O) groups is 1. The largest absolute Gasteiger partial charge is 0.365 e. The van der Waals surface area contributed by atoms with Gasteiger partial charge >= 0.3 is 0 Å². The molecule has 0 unspecified atom stereocenters. The highest BCUT2D eigenvalue weighted by molar-refractivity contribution is 5.92. The van der Waals surface area contributed by atoms with E-state index in [4.69, 9.17) is 0 Å². The number of halogens is 2. The van der Waals surface area contributed by atoms with E-state index in [0.717, 1.165) is 11.8 Å². The highest BCUT2D eigenvalue weighted by Gasteiger charge is 2.21. The Labute approximate surface area is 186 Å². The zero-order chi connectivity index (χ0) is 23.1. The minimum atomic E-state index is -0.663. The van der Waals surface area contributed by atoms with Crippen LogP contribution in [0.3, 0.4) is 0 Å². The van der Waals surface area contributed by atoms with Gasteiger partial charge in [-0.05, 0) is 29.8 Å². The lowest BCUT2D eigenvalue weighted by Gasteiger charge is -2.36. The smallest absolute Gasteiger partial charge is 0.277 e. The number of benzene rings is 1. The Morgan fingerprint density at radius 2 is 1.94 bits per heavy atom. The molecule has 5 rings (SSSR count). The molecular formula is C22H21F2N7O2. The Hall–Kier alpha value is -3.86. The number of fused-ring (bicyclic) bond motifs is 3. The molecule has 170 valence electrons. The van der Waals surface area contributed by atoms with E-state index in [1.807, 2.05) is 23.1 Å². The highest BCUT2D eigenvalue weighted by atomic mass is 19.1. The summed E-state index contributed by atoms with van der Waals surface area (Å²) in [6.07, 6.45) is 1.03. The van der Waals surface area contributed by atoms with Crippen molar-refractivity contribution in [1.29, 1.82) is 0 Å². The predicted molar refractivity (Wildman–Crippen MR) is 118 cm³/mol. The van der Waals surface area contributed by atoms with Crippen molar-refractivity contribution < 1.29 is 13.6 Å². The Morgan fingerprint density at radius 1 is 1.15 bits per heavy atom. The number of H-pyrrole nitrogens is 1. The summed E-state index contributed by atoms with van der Waals surface area (Å²) in [5, 5.41) is 6.40. The van der Waals surface area contributed by atoms with Crippen molar-refractivity contribution in [2.75, 3.05) is 38.1 Å². The van der Waals surface area contributed by atoms with Gasteiger partial charge in [0, 0.05) is 39.8 Å². The van der Waals surface area contributed by atoms with E-state index in [9.17, 15) is 18.4 Å². The molecular weight excluding hydrogens is 432 g/mol. The van der Waals surface area contributed by atoms with Gasteiger partial charge in [0.05, 0.1) is 22.9 Å². The van der Waals surface area contributed by atoms with Crippen molar-refractivity contribution in [3.8, 4) is 0 Å². The number of hydrogen-bond acceptors (Lipinski definition) is 6. The van der Waals surface area contributed by atoms with Crippen LogP contribution in [-0.4, -0.2) is 63.6 Å². The molecule has 0 atom stereocenters. The van der Waals surface area contributed by atoms with Gasteiger partial charge < -0.3 is 15.2 Å². The van der Waals surface area contributed by atoms with Crippen molar-refractivity contribution in [3.05, 3.63) is 69.9 Å². The average molecular weight is 453 g/mol. The zero-order valence-corrected chi connectivity index (χ0v) is 17.8. The molecule has 4 heterocycles. The molecule has 0 aliphatic carbocycles. The van der Waals surface area contributed by atoms with Crippen molar-refractivity contribution in [3.63, 3.8) is 0 Å². The lowest BCUT2D eigenvalue weighted by molar-refractivity contribution is 0.0957. The standard InChI is InChI=1S/C22H21F2N7O2/c1-25-21(32)15-3-5-18(20(24)27-15)30-8-6-29(7-9-30)12-13-2-4-17-16(10-13)28-22(33)19-14(23)11-26-31(17)19/h2-5,10-11H,6-9,12H2,1H3,(H,25,32)(H,28,33). The summed E-state index contributed by atoms with van der Waals surface area (Å²) < 4.78 is 29.6. The van der Waals surface area contributed by atoms with Gasteiger partial charge in [-0.15, -0.1) is 0 Å². The zero-order valence-electron chi connectivity index (χ0n) is 17.8. The molecule has 1 aliphatic rings. The maximum absolute atomic E-state index is 14.5. The first-order chi connectivity index (χ1) is 15.9. The molecule has 1 saturated heterocycles. The van der Waals surface area contributed by atoms with Crippen LogP contribution < -0.4 is 15.8 Å². The number of anilines is 1. The molecule has 3 aromatic heterocycles. The summed E-state index contributed by atoms with van der Waals surface area (Å²) in [5.41, 5.74) is 1.98. The van der Waals surface area contributed by atoms with Crippen molar-refractivity contribution in [2.45, 2.75) is 6.54 Å². The van der Waals surface area contributed by atoms with E-state index in [1.54, 1.807) is 6.07 Å². The van der Waals surface area contributed by atoms with Crippen molar-refractivity contribution in [1.82, 2.24) is 29.8 Å². The van der Waals surface area contributed by atoms with Gasteiger partial charge in [0.15, 0.2) is 11.3 Å². The number of amides is 1. The number of nitrogens with zero attached hydrogens (tertiary/aromatic N) is 5. The summed E-state index contributed by atoms with van der Waals surface area (Å²) >= 11 is 0. The van der Waals surface area contributed by atoms with Crippen LogP contribution in [0.5, 0.6) is 0 Å². The normalized spacial score (nSPS) is 14.8. The molecule has 2 N–H and O–H groups in total. The maximum Gasteiger partial charge on any atom is 0.277 e. The highest BCUT2D eigenvalue weighted by Crippen LogP contribution is 2.21. The molecule has 1 aliphatic heterocycles. The van der Waals surface area contributed by atoms with E-state index < -0.39 is 23.2 Å². The Morgan fingerprint density at radius 3 is 2.67 bits per heavy atom. The molecule has 1 aromatic carbocycles. The van der Waals surface area contributed by atoms with Crippen LogP contribution in [0.2, 0.25) is 0 Å². The van der Waals surface area contributed by atoms with E-state index in [-0.39, 0.29) is 11.2 Å². The minimum absolute atomic E-state index is 0.0434. The van der Waals surface area contributed by atoms with E-state index in [2.05, 4.69) is 25.3 Å². The first kappa shape index (κ1) is 21.0. The third kappa shape index (κ3) is 3.80. The second-order valence-corrected chi connectivity index (χ2v) is 7.91. The SMILES string of the molecule is CNC(=O)c1ccc(N2CCN(Cc3ccc4c(c3)[nH]c(=O)c3c(F)cnn34)CC2)c(F)n1. The number of pyridine rings is 1. The number of piperazine rings is 1. The fourth-order valence-electron chi connectivity index (χ4n) is 4.19. The lowest BCUT2D eigenvalue weighted by Crippen LogP contribution is -2.46. The summed E-state index contributed by atoms with van der Waals surface area (Å²) in [6.45, 7) is 3.27. The topological polar surface area (TPSA) is 98.6 Å². The van der Waals surface area contributed by atoms with Gasteiger partial charge in [0.1, 0.15) is 5.69 Å². The van der Waals surface area contributed by atoms with Gasteiger partial charge in [0.2, 0.25) is 5.95 Å². The molecule has 1 amide bonds. The second kappa shape index (κ2) is 8.24. The van der Waals surface area contributed by atoms with E-state index >= 15 is 0 Å². The molecule has 0 radical (unpaired) electrons. The number of carbonyl (C=O) groups excluding carboxylic acids is 1. The van der Waals surface area contributed by atoms with Gasteiger partial charge in [-0.1, -0.05) is 6.07 Å². The monoisotopic (exact) mass is 453 g/mol. The number of hydrogen-bond donors (Lipinski definition) is 2.